The number of carbonyl (C=O) groups is 1. The molecule has 0 spiro atoms. The molecule has 0 unspecified atom stereocenters. The maximum atomic E-state index is 10.6. The van der Waals surface area contributed by atoms with Gasteiger partial charge in [-0.15, -0.1) is 11.3 Å². The number of anilines is 1. The summed E-state index contributed by atoms with van der Waals surface area (Å²) >= 11 is 1.76. The molecule has 2 N–H and O–H groups in total. The van der Waals surface area contributed by atoms with E-state index in [4.69, 9.17) is 5.11 Å². The molecule has 0 amide bonds. The number of nitrogens with zero attached hydrogens (tertiary/aromatic N) is 2. The van der Waals surface area contributed by atoms with Gasteiger partial charge in [0.25, 0.3) is 0 Å². The first-order valence-corrected chi connectivity index (χ1v) is 7.77. The first kappa shape index (κ1) is 13.3. The number of hydrogen-bond donors (Lipinski definition) is 2. The Balaban J connectivity index is 2.00. The highest BCUT2D eigenvalue weighted by Crippen LogP contribution is 2.39. The van der Waals surface area contributed by atoms with E-state index in [2.05, 4.69) is 15.3 Å². The van der Waals surface area contributed by atoms with Crippen molar-refractivity contribution >= 4 is 33.3 Å². The van der Waals surface area contributed by atoms with Crippen LogP contribution in [0.4, 0.5) is 5.82 Å². The van der Waals surface area contributed by atoms with Crippen molar-refractivity contribution in [3.05, 3.63) is 16.3 Å². The molecule has 0 saturated heterocycles. The van der Waals surface area contributed by atoms with Crippen molar-refractivity contribution in [2.24, 2.45) is 0 Å². The molecule has 2 heterocycles. The van der Waals surface area contributed by atoms with Crippen LogP contribution < -0.4 is 5.32 Å². The number of hydrogen-bond acceptors (Lipinski definition) is 5. The third-order valence-corrected chi connectivity index (χ3v) is 4.74. The molecule has 5 nitrogen and oxygen atoms in total. The zero-order valence-corrected chi connectivity index (χ0v) is 12.2. The summed E-state index contributed by atoms with van der Waals surface area (Å²) in [7, 11) is 0. The minimum atomic E-state index is -0.797. The van der Waals surface area contributed by atoms with Crippen molar-refractivity contribution in [3.63, 3.8) is 0 Å². The summed E-state index contributed by atoms with van der Waals surface area (Å²) in [4.78, 5) is 22.3. The van der Waals surface area contributed by atoms with Gasteiger partial charge >= 0.3 is 5.97 Å². The Labute approximate surface area is 121 Å². The maximum absolute atomic E-state index is 10.6. The minimum absolute atomic E-state index is 0.0965. The molecule has 106 valence electrons. The molecule has 6 heteroatoms. The summed E-state index contributed by atoms with van der Waals surface area (Å²) in [5.74, 6) is 0.830. The van der Waals surface area contributed by atoms with E-state index in [9.17, 15) is 4.79 Å². The number of aliphatic carboxylic acids is 1. The number of fused-ring (bicyclic) bond motifs is 3. The van der Waals surface area contributed by atoms with Gasteiger partial charge in [-0.3, -0.25) is 4.79 Å². The lowest BCUT2D eigenvalue weighted by Gasteiger charge is -2.08. The molecule has 2 aromatic rings. The summed E-state index contributed by atoms with van der Waals surface area (Å²) in [6, 6.07) is 0. The summed E-state index contributed by atoms with van der Waals surface area (Å²) in [5.41, 5.74) is 1.37. The fourth-order valence-electron chi connectivity index (χ4n) is 2.61. The number of nitrogens with one attached hydrogen (secondary N) is 1. The van der Waals surface area contributed by atoms with Crippen molar-refractivity contribution in [3.8, 4) is 0 Å². The number of carboxylic acid groups (broad SMARTS) is 1. The molecule has 20 heavy (non-hydrogen) atoms. The van der Waals surface area contributed by atoms with E-state index < -0.39 is 5.97 Å². The van der Waals surface area contributed by atoms with Crippen LogP contribution in [0.15, 0.2) is 0 Å². The maximum Gasteiger partial charge on any atom is 0.305 e. The van der Waals surface area contributed by atoms with Gasteiger partial charge in [-0.25, -0.2) is 9.97 Å². The Morgan fingerprint density at radius 3 is 3.00 bits per heavy atom. The van der Waals surface area contributed by atoms with Crippen molar-refractivity contribution in [1.82, 2.24) is 9.97 Å². The second-order valence-electron chi connectivity index (χ2n) is 4.95. The molecular formula is C14H17N3O2S. The fourth-order valence-corrected chi connectivity index (χ4v) is 3.89. The second kappa shape index (κ2) is 5.36. The van der Waals surface area contributed by atoms with E-state index in [0.717, 1.165) is 41.1 Å². The SMILES string of the molecule is CCc1nc(NCCC(=O)O)c2c3c(sc2n1)CCC3. The molecule has 1 aliphatic carbocycles. The van der Waals surface area contributed by atoms with Crippen LogP contribution in [0, 0.1) is 0 Å². The zero-order valence-electron chi connectivity index (χ0n) is 11.4. The van der Waals surface area contributed by atoms with Gasteiger partial charge in [0, 0.05) is 17.8 Å². The lowest BCUT2D eigenvalue weighted by Crippen LogP contribution is -2.10. The Morgan fingerprint density at radius 1 is 1.40 bits per heavy atom. The highest BCUT2D eigenvalue weighted by molar-refractivity contribution is 7.19. The fraction of sp³-hybridized carbons (Fsp3) is 0.500. The Bertz CT molecular complexity index is 666. The van der Waals surface area contributed by atoms with Crippen molar-refractivity contribution < 1.29 is 9.90 Å². The van der Waals surface area contributed by atoms with Crippen LogP contribution in [0.5, 0.6) is 0 Å². The number of aryl methyl sites for hydroxylation is 3. The lowest BCUT2D eigenvalue weighted by molar-refractivity contribution is -0.136. The van der Waals surface area contributed by atoms with E-state index in [1.54, 1.807) is 11.3 Å². The predicted octanol–water partition coefficient (Wildman–Crippen LogP) is 2.63. The van der Waals surface area contributed by atoms with Gasteiger partial charge in [0.15, 0.2) is 0 Å². The molecule has 1 aliphatic rings. The normalized spacial score (nSPS) is 13.7. The van der Waals surface area contributed by atoms with E-state index in [0.29, 0.717) is 6.54 Å². The third-order valence-electron chi connectivity index (χ3n) is 3.56. The van der Waals surface area contributed by atoms with Gasteiger partial charge in [-0.2, -0.15) is 0 Å². The Hall–Kier alpha value is -1.69. The highest BCUT2D eigenvalue weighted by Gasteiger charge is 2.22. The summed E-state index contributed by atoms with van der Waals surface area (Å²) in [5, 5.41) is 13.0. The van der Waals surface area contributed by atoms with Crippen molar-refractivity contribution in [2.75, 3.05) is 11.9 Å². The largest absolute Gasteiger partial charge is 0.481 e. The van der Waals surface area contributed by atoms with Crippen molar-refractivity contribution in [2.45, 2.75) is 39.0 Å². The quantitative estimate of drug-likeness (QED) is 0.885. The zero-order chi connectivity index (χ0) is 14.1. The molecule has 0 radical (unpaired) electrons. The summed E-state index contributed by atoms with van der Waals surface area (Å²) in [6.07, 6.45) is 4.29. The van der Waals surface area contributed by atoms with E-state index in [1.807, 2.05) is 6.92 Å². The first-order valence-electron chi connectivity index (χ1n) is 6.96. The standard InChI is InChI=1S/C14H17N3O2S/c1-2-10-16-13(15-7-6-11(18)19)12-8-4-3-5-9(8)20-14(12)17-10/h2-7H2,1H3,(H,18,19)(H,15,16,17). The lowest BCUT2D eigenvalue weighted by atomic mass is 10.2. The van der Waals surface area contributed by atoms with Crippen molar-refractivity contribution in [1.29, 1.82) is 0 Å². The van der Waals surface area contributed by atoms with E-state index in [1.165, 1.54) is 16.9 Å². The van der Waals surface area contributed by atoms with Gasteiger partial charge in [0.1, 0.15) is 16.5 Å². The highest BCUT2D eigenvalue weighted by atomic mass is 32.1. The van der Waals surface area contributed by atoms with Gasteiger partial charge in [0.05, 0.1) is 11.8 Å². The van der Waals surface area contributed by atoms with Crippen LogP contribution in [-0.4, -0.2) is 27.6 Å². The van der Waals surface area contributed by atoms with Gasteiger partial charge in [-0.05, 0) is 24.8 Å². The average Bonchev–Trinajstić information content (AvgIpc) is 2.97. The molecule has 0 bridgehead atoms. The van der Waals surface area contributed by atoms with Gasteiger partial charge in [-0.1, -0.05) is 6.92 Å². The first-order chi connectivity index (χ1) is 9.69. The molecule has 3 rings (SSSR count). The Kier molecular flexibility index (Phi) is 3.56. The van der Waals surface area contributed by atoms with Crippen LogP contribution in [0.25, 0.3) is 10.2 Å². The number of thiophene rings is 1. The molecular weight excluding hydrogens is 274 g/mol. The smallest absolute Gasteiger partial charge is 0.305 e. The number of aromatic nitrogens is 2. The monoisotopic (exact) mass is 291 g/mol. The van der Waals surface area contributed by atoms with Crippen LogP contribution >= 0.6 is 11.3 Å². The molecule has 2 aromatic heterocycles. The van der Waals surface area contributed by atoms with Gasteiger partial charge in [0.2, 0.25) is 0 Å². The molecule has 0 atom stereocenters. The molecule has 0 aromatic carbocycles. The number of carboxylic acids is 1. The predicted molar refractivity (Wildman–Crippen MR) is 79.6 cm³/mol. The number of rotatable bonds is 5. The van der Waals surface area contributed by atoms with Crippen LogP contribution in [-0.2, 0) is 24.1 Å². The van der Waals surface area contributed by atoms with E-state index in [-0.39, 0.29) is 6.42 Å². The average molecular weight is 291 g/mol. The van der Waals surface area contributed by atoms with Crippen LogP contribution in [0.2, 0.25) is 0 Å². The summed E-state index contributed by atoms with van der Waals surface area (Å²) < 4.78 is 0. The Morgan fingerprint density at radius 2 is 2.25 bits per heavy atom. The summed E-state index contributed by atoms with van der Waals surface area (Å²) in [6.45, 7) is 2.43. The molecule has 0 fully saturated rings. The molecule has 0 aliphatic heterocycles. The van der Waals surface area contributed by atoms with Crippen LogP contribution in [0.3, 0.4) is 0 Å². The van der Waals surface area contributed by atoms with Crippen LogP contribution in [0.1, 0.15) is 36.0 Å². The third kappa shape index (κ3) is 2.35. The minimum Gasteiger partial charge on any atom is -0.481 e. The molecule has 0 saturated carbocycles. The van der Waals surface area contributed by atoms with E-state index >= 15 is 0 Å². The second-order valence-corrected chi connectivity index (χ2v) is 6.03. The topological polar surface area (TPSA) is 75.1 Å². The van der Waals surface area contributed by atoms with Gasteiger partial charge < -0.3 is 10.4 Å².